The summed E-state index contributed by atoms with van der Waals surface area (Å²) in [5.41, 5.74) is 5.56. The van der Waals surface area contributed by atoms with E-state index in [0.29, 0.717) is 6.42 Å². The summed E-state index contributed by atoms with van der Waals surface area (Å²) >= 11 is 0. The van der Waals surface area contributed by atoms with Gasteiger partial charge in [-0.2, -0.15) is 0 Å². The molecule has 0 spiro atoms. The highest BCUT2D eigenvalue weighted by Gasteiger charge is 2.46. The lowest BCUT2D eigenvalue weighted by molar-refractivity contribution is -0.156. The highest BCUT2D eigenvalue weighted by molar-refractivity contribution is 6.03. The van der Waals surface area contributed by atoms with Crippen molar-refractivity contribution in [3.05, 3.63) is 29.8 Å². The molecule has 0 aliphatic rings. The van der Waals surface area contributed by atoms with Gasteiger partial charge in [-0.1, -0.05) is 115 Å². The molecule has 0 aromatic heterocycles. The van der Waals surface area contributed by atoms with E-state index >= 15 is 4.79 Å². The molecule has 0 radical (unpaired) electrons. The molecule has 0 heterocycles. The van der Waals surface area contributed by atoms with Gasteiger partial charge in [0.1, 0.15) is 54.4 Å². The minimum Gasteiger partial charge on any atom is -0.478 e. The predicted octanol–water partition coefficient (Wildman–Crippen LogP) is 1.29. The lowest BCUT2D eigenvalue weighted by atomic mass is 9.93. The Hall–Kier alpha value is -7.26. The molecular weight excluding hydrogens is 1160 g/mol. The quantitative estimate of drug-likeness (QED) is 0.0492. The molecule has 11 amide bonds. The number of nitrogens with two attached hydrogens (primary N) is 1. The van der Waals surface area contributed by atoms with Crippen molar-refractivity contribution in [2.75, 3.05) is 61.2 Å². The van der Waals surface area contributed by atoms with E-state index in [-0.39, 0.29) is 11.3 Å². The minimum atomic E-state index is -1.62. The summed E-state index contributed by atoms with van der Waals surface area (Å²) in [6, 6.07) is -7.00. The van der Waals surface area contributed by atoms with Crippen LogP contribution in [0.5, 0.6) is 0 Å². The molecule has 0 aliphatic carbocycles. The Balaban J connectivity index is 3.61. The molecule has 9 N–H and O–H groups in total. The molecule has 2 unspecified atom stereocenters. The van der Waals surface area contributed by atoms with E-state index in [0.717, 1.165) is 14.7 Å². The Morgan fingerprint density at radius 3 is 1.12 bits per heavy atom. The molecular formula is C63H108N12O15. The highest BCUT2D eigenvalue weighted by Crippen LogP contribution is 2.25. The number of aromatic carboxylic acids is 1. The number of carboxylic acids is 1. The number of aliphatic hydroxyl groups excluding tert-OH is 2. The van der Waals surface area contributed by atoms with Crippen LogP contribution in [0.25, 0.3) is 0 Å². The average Bonchev–Trinajstić information content (AvgIpc) is 1.01. The highest BCUT2D eigenvalue weighted by atomic mass is 16.4. The number of anilines is 1. The smallest absolute Gasteiger partial charge is 0.337 e. The summed E-state index contributed by atoms with van der Waals surface area (Å²) < 4.78 is 0. The zero-order chi connectivity index (χ0) is 70.2. The number of likely N-dealkylation sites (N-methyl/N-ethyl adjacent to an activating group) is 7. The van der Waals surface area contributed by atoms with Gasteiger partial charge in [0.25, 0.3) is 0 Å². The molecule has 90 heavy (non-hydrogen) atoms. The first-order chi connectivity index (χ1) is 41.4. The molecule has 27 heteroatoms. The monoisotopic (exact) mass is 1270 g/mol. The first kappa shape index (κ1) is 80.8. The Labute approximate surface area is 532 Å². The van der Waals surface area contributed by atoms with Crippen molar-refractivity contribution in [1.82, 2.24) is 50.2 Å². The summed E-state index contributed by atoms with van der Waals surface area (Å²) in [5.74, 6) is -13.1. The molecule has 510 valence electrons. The number of carboxylic acid groups (broad SMARTS) is 1. The summed E-state index contributed by atoms with van der Waals surface area (Å²) in [5, 5.41) is 41.6. The van der Waals surface area contributed by atoms with Gasteiger partial charge in [0.05, 0.1) is 36.0 Å². The summed E-state index contributed by atoms with van der Waals surface area (Å²) in [7, 11) is 9.56. The molecule has 1 aromatic rings. The Bertz CT molecular complexity index is 2680. The van der Waals surface area contributed by atoms with Gasteiger partial charge in [0, 0.05) is 49.3 Å². The maximum Gasteiger partial charge on any atom is 0.337 e. The van der Waals surface area contributed by atoms with Crippen molar-refractivity contribution in [3.8, 4) is 0 Å². The topological polar surface area (TPSA) is 362 Å². The number of aliphatic hydroxyl groups is 2. The second-order valence-electron chi connectivity index (χ2n) is 26.0. The number of rotatable bonds is 33. The van der Waals surface area contributed by atoms with Crippen molar-refractivity contribution >= 4 is 76.6 Å². The van der Waals surface area contributed by atoms with Gasteiger partial charge in [-0.05, 0) is 74.3 Å². The van der Waals surface area contributed by atoms with Crippen molar-refractivity contribution in [2.45, 2.75) is 197 Å². The summed E-state index contributed by atoms with van der Waals surface area (Å²) in [6.07, 6.45) is -2.56. The maximum absolute atomic E-state index is 15.0. The number of nitrogens with one attached hydrogen (secondary N) is 4. The maximum atomic E-state index is 15.0. The first-order valence-electron chi connectivity index (χ1n) is 30.9. The zero-order valence-electron chi connectivity index (χ0n) is 57.6. The Morgan fingerprint density at radius 1 is 0.422 bits per heavy atom. The van der Waals surface area contributed by atoms with Crippen LogP contribution in [0.4, 0.5) is 5.69 Å². The van der Waals surface area contributed by atoms with Crippen molar-refractivity contribution < 1.29 is 72.9 Å². The lowest BCUT2D eigenvalue weighted by Gasteiger charge is -2.42. The van der Waals surface area contributed by atoms with E-state index in [4.69, 9.17) is 5.73 Å². The van der Waals surface area contributed by atoms with Crippen molar-refractivity contribution in [2.24, 2.45) is 47.2 Å². The molecule has 0 fully saturated rings. The van der Waals surface area contributed by atoms with Crippen LogP contribution in [-0.4, -0.2) is 249 Å². The molecule has 0 aliphatic heterocycles. The molecule has 1 rings (SSSR count). The number of amides is 11. The van der Waals surface area contributed by atoms with E-state index < -0.39 is 192 Å². The van der Waals surface area contributed by atoms with Crippen LogP contribution in [-0.2, 0) is 52.7 Å². The number of nitrogens with zero attached hydrogens (tertiary/aromatic N) is 7. The van der Waals surface area contributed by atoms with Crippen LogP contribution in [0.3, 0.4) is 0 Å². The Kier molecular flexibility index (Phi) is 31.7. The average molecular weight is 1270 g/mol. The van der Waals surface area contributed by atoms with E-state index in [1.54, 1.807) is 96.1 Å². The van der Waals surface area contributed by atoms with Gasteiger partial charge in [-0.15, -0.1) is 0 Å². The van der Waals surface area contributed by atoms with Gasteiger partial charge >= 0.3 is 5.97 Å². The molecule has 1 aromatic carbocycles. The van der Waals surface area contributed by atoms with E-state index in [1.165, 1.54) is 108 Å². The lowest BCUT2D eigenvalue weighted by Crippen LogP contribution is -2.64. The van der Waals surface area contributed by atoms with Crippen LogP contribution >= 0.6 is 0 Å². The largest absolute Gasteiger partial charge is 0.478 e. The third-order valence-electron chi connectivity index (χ3n) is 16.4. The van der Waals surface area contributed by atoms with Crippen LogP contribution in [0.2, 0.25) is 0 Å². The second kappa shape index (κ2) is 35.4. The van der Waals surface area contributed by atoms with Crippen molar-refractivity contribution in [1.29, 1.82) is 0 Å². The third kappa shape index (κ3) is 20.6. The number of carbonyl (C=O) groups excluding carboxylic acids is 11. The van der Waals surface area contributed by atoms with Crippen LogP contribution in [0.1, 0.15) is 134 Å². The molecule has 0 bridgehead atoms. The molecule has 0 saturated carbocycles. The van der Waals surface area contributed by atoms with Gasteiger partial charge < -0.3 is 76.6 Å². The van der Waals surface area contributed by atoms with Crippen LogP contribution < -0.4 is 27.0 Å². The van der Waals surface area contributed by atoms with E-state index in [2.05, 4.69) is 21.3 Å². The minimum absolute atomic E-state index is 0.0358. The van der Waals surface area contributed by atoms with Gasteiger partial charge in [0.2, 0.25) is 65.0 Å². The van der Waals surface area contributed by atoms with Gasteiger partial charge in [-0.3, -0.25) is 52.7 Å². The van der Waals surface area contributed by atoms with Crippen LogP contribution in [0.15, 0.2) is 24.3 Å². The van der Waals surface area contributed by atoms with Crippen LogP contribution in [0, 0.1) is 41.4 Å². The third-order valence-corrected chi connectivity index (χ3v) is 16.4. The number of hydrogen-bond donors (Lipinski definition) is 8. The fraction of sp³-hybridized carbons (Fsp3) is 0.714. The molecule has 13 atom stereocenters. The molecule has 0 saturated heterocycles. The number of hydrogen-bond acceptors (Lipinski definition) is 15. The van der Waals surface area contributed by atoms with Crippen molar-refractivity contribution in [3.63, 3.8) is 0 Å². The van der Waals surface area contributed by atoms with Gasteiger partial charge in [-0.25, -0.2) is 4.79 Å². The number of carbonyl (C=O) groups is 12. The predicted molar refractivity (Wildman–Crippen MR) is 340 cm³/mol. The summed E-state index contributed by atoms with van der Waals surface area (Å²) in [6.45, 7) is 27.4. The van der Waals surface area contributed by atoms with Gasteiger partial charge in [0.15, 0.2) is 0 Å². The normalized spacial score (nSPS) is 16.0. The fourth-order valence-electron chi connectivity index (χ4n) is 11.2. The standard InChI is InChI=1S/C63H108N12O15/c1-25-37(14)45(57(83)72(21)49(34(8)9)59(85)69(18)30-43(78)65-42-29-27-26-28-41(42)63(89)90)67-55(81)48(33(6)7)70(19)60(86)51(36(12)13)74(23)61(87)50(35(10)11)73(22)56(82)44(31(2)3)66-54(80)47(32(4)5)71(20)62(88)52(40(17)77)75(24)58(84)46(39(16)76)68-53(79)38(15)64/h26-29,31-40,44-52,76-77H,25,30,64H2,1-24H3,(H,65,78)(H,66,80)(H,67,81)(H,68,79)(H,89,90)/t37?,38-,39-,40-,44-,45-,46-,47-,48-,49-,50?,51-,52-/m0/s1. The molecule has 27 nitrogen and oxygen atoms in total. The Morgan fingerprint density at radius 2 is 0.756 bits per heavy atom. The summed E-state index contributed by atoms with van der Waals surface area (Å²) in [4.78, 5) is 176. The second-order valence-corrected chi connectivity index (χ2v) is 26.0. The van der Waals surface area contributed by atoms with E-state index in [9.17, 15) is 68.1 Å². The number of benzene rings is 1. The zero-order valence-corrected chi connectivity index (χ0v) is 57.6. The number of para-hydroxylation sites is 1. The fourth-order valence-corrected chi connectivity index (χ4v) is 11.2. The SMILES string of the molecule is CCC(C)[C@H](NC(=O)[C@H](C(C)C)N(C)C(=O)[C@H](C(C)C)N(C)C(=O)C(C(C)C)N(C)C(=O)[C@@H](NC(=O)[C@H](C(C)C)N(C)C(=O)[C@H]([C@H](C)O)N(C)C(=O)[C@@H](NC(=O)[C@H](C)N)[C@H](C)O)C(C)C)C(=O)N(C)[C@H](C(=O)N(C)CC(=O)Nc1ccccc1C(=O)O)C(C)C. The first-order valence-corrected chi connectivity index (χ1v) is 30.9. The van der Waals surface area contributed by atoms with E-state index in [1.807, 2.05) is 6.92 Å².